The van der Waals surface area contributed by atoms with Crippen molar-refractivity contribution in [2.75, 3.05) is 6.61 Å². The first kappa shape index (κ1) is 14.7. The van der Waals surface area contributed by atoms with Crippen LogP contribution in [0.5, 0.6) is 0 Å². The number of halogens is 2. The smallest absolute Gasteiger partial charge is 0.339 e. The number of hydrogen-bond acceptors (Lipinski definition) is 3. The van der Waals surface area contributed by atoms with Gasteiger partial charge in [0, 0.05) is 5.56 Å². The SMILES string of the molecule is CCOC(=O)c1ccc(-c2ccc(F)c(Br)c2)nc1C. The Hall–Kier alpha value is -1.75. The summed E-state index contributed by atoms with van der Waals surface area (Å²) in [7, 11) is 0. The van der Waals surface area contributed by atoms with Crippen molar-refractivity contribution in [3.63, 3.8) is 0 Å². The third-order valence-corrected chi connectivity index (χ3v) is 3.40. The highest BCUT2D eigenvalue weighted by molar-refractivity contribution is 9.10. The van der Waals surface area contributed by atoms with Crippen molar-refractivity contribution in [2.24, 2.45) is 0 Å². The first-order chi connectivity index (χ1) is 9.52. The van der Waals surface area contributed by atoms with Gasteiger partial charge in [-0.2, -0.15) is 0 Å². The summed E-state index contributed by atoms with van der Waals surface area (Å²) in [5, 5.41) is 0. The Labute approximate surface area is 124 Å². The van der Waals surface area contributed by atoms with Crippen molar-refractivity contribution in [2.45, 2.75) is 13.8 Å². The van der Waals surface area contributed by atoms with Gasteiger partial charge in [-0.05, 0) is 60.1 Å². The Balaban J connectivity index is 2.37. The molecule has 104 valence electrons. The van der Waals surface area contributed by atoms with Crippen molar-refractivity contribution in [3.05, 3.63) is 51.9 Å². The molecule has 0 amide bonds. The number of esters is 1. The van der Waals surface area contributed by atoms with Gasteiger partial charge in [0.25, 0.3) is 0 Å². The summed E-state index contributed by atoms with van der Waals surface area (Å²) in [5.41, 5.74) is 2.48. The fourth-order valence-electron chi connectivity index (χ4n) is 1.80. The molecule has 20 heavy (non-hydrogen) atoms. The van der Waals surface area contributed by atoms with E-state index in [2.05, 4.69) is 20.9 Å². The lowest BCUT2D eigenvalue weighted by Crippen LogP contribution is -2.08. The number of hydrogen-bond donors (Lipinski definition) is 0. The molecule has 2 aromatic rings. The molecule has 0 bridgehead atoms. The summed E-state index contributed by atoms with van der Waals surface area (Å²) in [5.74, 6) is -0.710. The number of aryl methyl sites for hydroxylation is 1. The van der Waals surface area contributed by atoms with E-state index in [0.717, 1.165) is 5.56 Å². The quantitative estimate of drug-likeness (QED) is 0.790. The summed E-state index contributed by atoms with van der Waals surface area (Å²) in [6.45, 7) is 3.82. The van der Waals surface area contributed by atoms with Gasteiger partial charge in [0.2, 0.25) is 0 Å². The topological polar surface area (TPSA) is 39.2 Å². The van der Waals surface area contributed by atoms with Crippen LogP contribution in [0.2, 0.25) is 0 Å². The molecule has 1 aromatic carbocycles. The summed E-state index contributed by atoms with van der Waals surface area (Å²) >= 11 is 3.14. The van der Waals surface area contributed by atoms with Gasteiger partial charge >= 0.3 is 5.97 Å². The minimum atomic E-state index is -0.385. The van der Waals surface area contributed by atoms with Crippen LogP contribution in [0.25, 0.3) is 11.3 Å². The first-order valence-corrected chi connectivity index (χ1v) is 6.92. The maximum atomic E-state index is 13.2. The molecule has 1 heterocycles. The average molecular weight is 338 g/mol. The molecule has 0 unspecified atom stereocenters. The van der Waals surface area contributed by atoms with Gasteiger partial charge in [0.05, 0.1) is 28.0 Å². The molecule has 0 radical (unpaired) electrons. The number of carbonyl (C=O) groups excluding carboxylic acids is 1. The minimum Gasteiger partial charge on any atom is -0.462 e. The summed E-state index contributed by atoms with van der Waals surface area (Å²) in [4.78, 5) is 16.1. The number of ether oxygens (including phenoxy) is 1. The van der Waals surface area contributed by atoms with E-state index in [1.165, 1.54) is 6.07 Å². The fourth-order valence-corrected chi connectivity index (χ4v) is 2.18. The van der Waals surface area contributed by atoms with E-state index >= 15 is 0 Å². The van der Waals surface area contributed by atoms with E-state index in [0.29, 0.717) is 28.0 Å². The average Bonchev–Trinajstić information content (AvgIpc) is 2.42. The standard InChI is InChI=1S/C15H13BrFNO2/c1-3-20-15(19)11-5-7-14(18-9(11)2)10-4-6-13(17)12(16)8-10/h4-8H,3H2,1-2H3. The molecule has 0 N–H and O–H groups in total. The van der Waals surface area contributed by atoms with Crippen molar-refractivity contribution >= 4 is 21.9 Å². The van der Waals surface area contributed by atoms with Crippen molar-refractivity contribution in [1.82, 2.24) is 4.98 Å². The van der Waals surface area contributed by atoms with Crippen LogP contribution < -0.4 is 0 Å². The lowest BCUT2D eigenvalue weighted by molar-refractivity contribution is 0.0525. The summed E-state index contributed by atoms with van der Waals surface area (Å²) in [6, 6.07) is 8.06. The molecule has 1 aromatic heterocycles. The van der Waals surface area contributed by atoms with Crippen LogP contribution in [-0.4, -0.2) is 17.6 Å². The van der Waals surface area contributed by atoms with Gasteiger partial charge in [-0.15, -0.1) is 0 Å². The van der Waals surface area contributed by atoms with E-state index in [1.807, 2.05) is 0 Å². The molecule has 0 aliphatic heterocycles. The zero-order valence-electron chi connectivity index (χ0n) is 11.1. The van der Waals surface area contributed by atoms with Crippen molar-refractivity contribution in [3.8, 4) is 11.3 Å². The van der Waals surface area contributed by atoms with Gasteiger partial charge in [-0.25, -0.2) is 9.18 Å². The Morgan fingerprint density at radius 2 is 2.10 bits per heavy atom. The number of benzene rings is 1. The first-order valence-electron chi connectivity index (χ1n) is 6.13. The monoisotopic (exact) mass is 337 g/mol. The van der Waals surface area contributed by atoms with Gasteiger partial charge in [0.1, 0.15) is 5.82 Å². The van der Waals surface area contributed by atoms with E-state index in [4.69, 9.17) is 4.74 Å². The predicted octanol–water partition coefficient (Wildman–Crippen LogP) is 4.14. The number of nitrogens with zero attached hydrogens (tertiary/aromatic N) is 1. The van der Waals surface area contributed by atoms with Crippen LogP contribution >= 0.6 is 15.9 Å². The molecule has 0 spiro atoms. The van der Waals surface area contributed by atoms with Gasteiger partial charge in [-0.3, -0.25) is 4.98 Å². The van der Waals surface area contributed by atoms with E-state index in [9.17, 15) is 9.18 Å². The lowest BCUT2D eigenvalue weighted by Gasteiger charge is -2.08. The zero-order chi connectivity index (χ0) is 14.7. The van der Waals surface area contributed by atoms with Crippen LogP contribution in [0.1, 0.15) is 23.0 Å². The van der Waals surface area contributed by atoms with Gasteiger partial charge < -0.3 is 4.74 Å². The Kier molecular flexibility index (Phi) is 4.49. The predicted molar refractivity (Wildman–Crippen MR) is 78.0 cm³/mol. The second kappa shape index (κ2) is 6.13. The van der Waals surface area contributed by atoms with Crippen LogP contribution in [0.15, 0.2) is 34.8 Å². The largest absolute Gasteiger partial charge is 0.462 e. The second-order valence-electron chi connectivity index (χ2n) is 4.18. The third kappa shape index (κ3) is 3.04. The molecule has 0 atom stereocenters. The number of aromatic nitrogens is 1. The van der Waals surface area contributed by atoms with Crippen LogP contribution in [0, 0.1) is 12.7 Å². The normalized spacial score (nSPS) is 10.4. The molecule has 0 saturated heterocycles. The number of pyridine rings is 1. The summed E-state index contributed by atoms with van der Waals surface area (Å²) < 4.78 is 18.6. The highest BCUT2D eigenvalue weighted by Crippen LogP contribution is 2.24. The van der Waals surface area contributed by atoms with Crippen LogP contribution in [0.4, 0.5) is 4.39 Å². The van der Waals surface area contributed by atoms with Crippen LogP contribution in [0.3, 0.4) is 0 Å². The van der Waals surface area contributed by atoms with E-state index in [-0.39, 0.29) is 11.8 Å². The molecule has 0 saturated carbocycles. The summed E-state index contributed by atoms with van der Waals surface area (Å²) in [6.07, 6.45) is 0. The molecule has 5 heteroatoms. The molecule has 3 nitrogen and oxygen atoms in total. The maximum Gasteiger partial charge on any atom is 0.339 e. The maximum absolute atomic E-state index is 13.2. The second-order valence-corrected chi connectivity index (χ2v) is 5.03. The molecule has 0 aliphatic carbocycles. The Bertz CT molecular complexity index is 658. The highest BCUT2D eigenvalue weighted by Gasteiger charge is 2.12. The molecular weight excluding hydrogens is 325 g/mol. The highest BCUT2D eigenvalue weighted by atomic mass is 79.9. The molecule has 2 rings (SSSR count). The third-order valence-electron chi connectivity index (χ3n) is 2.80. The Morgan fingerprint density at radius 1 is 1.35 bits per heavy atom. The lowest BCUT2D eigenvalue weighted by atomic mass is 10.1. The Morgan fingerprint density at radius 3 is 2.70 bits per heavy atom. The molecular formula is C15H13BrFNO2. The molecule has 0 fully saturated rings. The number of carbonyl (C=O) groups is 1. The van der Waals surface area contributed by atoms with E-state index in [1.54, 1.807) is 38.1 Å². The number of rotatable bonds is 3. The van der Waals surface area contributed by atoms with Gasteiger partial charge in [-0.1, -0.05) is 0 Å². The van der Waals surface area contributed by atoms with Gasteiger partial charge in [0.15, 0.2) is 0 Å². The van der Waals surface area contributed by atoms with Crippen LogP contribution in [-0.2, 0) is 4.74 Å². The molecule has 0 aliphatic rings. The van der Waals surface area contributed by atoms with E-state index < -0.39 is 0 Å². The minimum absolute atomic E-state index is 0.324. The van der Waals surface area contributed by atoms with Crippen molar-refractivity contribution in [1.29, 1.82) is 0 Å². The fraction of sp³-hybridized carbons (Fsp3) is 0.200. The van der Waals surface area contributed by atoms with Crippen molar-refractivity contribution < 1.29 is 13.9 Å². The zero-order valence-corrected chi connectivity index (χ0v) is 12.7.